The fourth-order valence-electron chi connectivity index (χ4n) is 3.97. The van der Waals surface area contributed by atoms with Gasteiger partial charge in [-0.15, -0.1) is 0 Å². The van der Waals surface area contributed by atoms with Gasteiger partial charge in [0.15, 0.2) is 6.20 Å². The maximum absolute atomic E-state index is 4.77. The van der Waals surface area contributed by atoms with Gasteiger partial charge < -0.3 is 0 Å². The number of pyridine rings is 1. The van der Waals surface area contributed by atoms with Crippen LogP contribution in [-0.4, -0.2) is 9.97 Å². The number of nitrogens with zero attached hydrogens (tertiary/aromatic N) is 3. The summed E-state index contributed by atoms with van der Waals surface area (Å²) in [6.45, 7) is 10.8. The first-order chi connectivity index (χ1) is 13.8. The van der Waals surface area contributed by atoms with Gasteiger partial charge in [0.25, 0.3) is 0 Å². The predicted octanol–water partition coefficient (Wildman–Crippen LogP) is 5.84. The lowest BCUT2D eigenvalue weighted by Gasteiger charge is -2.12. The van der Waals surface area contributed by atoms with E-state index in [1.54, 1.807) is 0 Å². The van der Waals surface area contributed by atoms with Crippen molar-refractivity contribution in [2.75, 3.05) is 0 Å². The molecule has 0 aliphatic rings. The van der Waals surface area contributed by atoms with Crippen molar-refractivity contribution in [3.8, 4) is 22.5 Å². The Morgan fingerprint density at radius 3 is 2.48 bits per heavy atom. The van der Waals surface area contributed by atoms with E-state index in [1.165, 1.54) is 38.7 Å². The van der Waals surface area contributed by atoms with Gasteiger partial charge in [-0.2, -0.15) is 0 Å². The van der Waals surface area contributed by atoms with Crippen LogP contribution < -0.4 is 4.57 Å². The molecule has 3 nitrogen and oxygen atoms in total. The maximum atomic E-state index is 4.77. The molecule has 0 radical (unpaired) electrons. The molecule has 0 saturated heterocycles. The summed E-state index contributed by atoms with van der Waals surface area (Å²) in [7, 11) is 2.12. The fraction of sp³-hybridized carbons (Fsp3) is 0.269. The molecule has 0 bridgehead atoms. The van der Waals surface area contributed by atoms with Crippen LogP contribution in [0.2, 0.25) is 0 Å². The molecule has 29 heavy (non-hydrogen) atoms. The first-order valence-electron chi connectivity index (χ1n) is 10.2. The predicted molar refractivity (Wildman–Crippen MR) is 120 cm³/mol. The van der Waals surface area contributed by atoms with E-state index < -0.39 is 0 Å². The number of aromatic nitrogens is 3. The summed E-state index contributed by atoms with van der Waals surface area (Å²) in [6.07, 6.45) is 4.01. The Hall–Kier alpha value is -3.07. The monoisotopic (exact) mass is 382 g/mol. The Morgan fingerprint density at radius 1 is 0.931 bits per heavy atom. The Bertz CT molecular complexity index is 1220. The molecule has 0 saturated carbocycles. The third-order valence-electron chi connectivity index (χ3n) is 5.69. The molecular weight excluding hydrogens is 354 g/mol. The molecular formula is C26H28N3+. The molecule has 0 N–H and O–H groups in total. The summed E-state index contributed by atoms with van der Waals surface area (Å²) in [5, 5.41) is 2.48. The van der Waals surface area contributed by atoms with Crippen molar-refractivity contribution < 1.29 is 4.57 Å². The molecule has 2 aromatic heterocycles. The molecule has 2 heterocycles. The summed E-state index contributed by atoms with van der Waals surface area (Å²) in [4.78, 5) is 9.17. The van der Waals surface area contributed by atoms with Crippen LogP contribution in [0.5, 0.6) is 0 Å². The Kier molecular flexibility index (Phi) is 4.91. The van der Waals surface area contributed by atoms with Crippen molar-refractivity contribution in [3.63, 3.8) is 0 Å². The van der Waals surface area contributed by atoms with E-state index in [0.29, 0.717) is 5.92 Å². The number of hydrogen-bond acceptors (Lipinski definition) is 2. The SMILES string of the molecule is Cc1cc(C)c(C)c(-c2c3ccc(-c4ccnc(C(C)C)n4)cc3cc[n+]2C)c1. The zero-order valence-electron chi connectivity index (χ0n) is 18.1. The molecule has 2 aromatic carbocycles. The highest BCUT2D eigenvalue weighted by Crippen LogP contribution is 2.32. The normalized spacial score (nSPS) is 11.4. The molecule has 3 heteroatoms. The highest BCUT2D eigenvalue weighted by molar-refractivity contribution is 5.96. The second-order valence-corrected chi connectivity index (χ2v) is 8.29. The van der Waals surface area contributed by atoms with E-state index in [0.717, 1.165) is 17.1 Å². The molecule has 4 rings (SSSR count). The van der Waals surface area contributed by atoms with Crippen LogP contribution in [0.3, 0.4) is 0 Å². The van der Waals surface area contributed by atoms with Gasteiger partial charge in [0, 0.05) is 23.7 Å². The van der Waals surface area contributed by atoms with Crippen molar-refractivity contribution in [2.24, 2.45) is 7.05 Å². The third-order valence-corrected chi connectivity index (χ3v) is 5.69. The average Bonchev–Trinajstić information content (AvgIpc) is 2.70. The first kappa shape index (κ1) is 19.3. The van der Waals surface area contributed by atoms with Crippen molar-refractivity contribution in [2.45, 2.75) is 40.5 Å². The zero-order chi connectivity index (χ0) is 20.7. The molecule has 0 fully saturated rings. The smallest absolute Gasteiger partial charge is 0.220 e. The van der Waals surface area contributed by atoms with E-state index in [2.05, 4.69) is 93.8 Å². The van der Waals surface area contributed by atoms with Crippen LogP contribution in [-0.2, 0) is 7.05 Å². The minimum absolute atomic E-state index is 0.314. The number of hydrogen-bond donors (Lipinski definition) is 0. The first-order valence-corrected chi connectivity index (χ1v) is 10.2. The Morgan fingerprint density at radius 2 is 1.72 bits per heavy atom. The zero-order valence-corrected chi connectivity index (χ0v) is 18.1. The van der Waals surface area contributed by atoms with Crippen LogP contribution in [0.15, 0.2) is 54.9 Å². The second-order valence-electron chi connectivity index (χ2n) is 8.29. The molecule has 4 aromatic rings. The topological polar surface area (TPSA) is 29.7 Å². The van der Waals surface area contributed by atoms with Gasteiger partial charge in [0.05, 0.1) is 16.6 Å². The standard InChI is InChI=1S/C26H28N3/c1-16(2)26-27-11-9-24(28-26)21-7-8-22-20(15-21)10-12-29(6)25(22)23-14-17(3)13-18(4)19(23)5/h7-16H,1-6H3/q+1. The van der Waals surface area contributed by atoms with E-state index in [9.17, 15) is 0 Å². The summed E-state index contributed by atoms with van der Waals surface area (Å²) in [5.41, 5.74) is 8.60. The van der Waals surface area contributed by atoms with E-state index in [1.807, 2.05) is 12.3 Å². The Labute approximate surface area is 173 Å². The van der Waals surface area contributed by atoms with Crippen LogP contribution in [0.4, 0.5) is 0 Å². The van der Waals surface area contributed by atoms with Crippen LogP contribution in [0.1, 0.15) is 42.3 Å². The lowest BCUT2D eigenvalue weighted by Crippen LogP contribution is -2.30. The van der Waals surface area contributed by atoms with Gasteiger partial charge in [-0.1, -0.05) is 31.5 Å². The summed E-state index contributed by atoms with van der Waals surface area (Å²) in [5.74, 6) is 1.20. The maximum Gasteiger partial charge on any atom is 0.220 e. The summed E-state index contributed by atoms with van der Waals surface area (Å²) in [6, 6.07) is 15.4. The molecule has 146 valence electrons. The fourth-order valence-corrected chi connectivity index (χ4v) is 3.97. The van der Waals surface area contributed by atoms with Crippen LogP contribution in [0.25, 0.3) is 33.3 Å². The summed E-state index contributed by atoms with van der Waals surface area (Å²) < 4.78 is 2.23. The highest BCUT2D eigenvalue weighted by atomic mass is 14.9. The number of benzene rings is 2. The van der Waals surface area contributed by atoms with Gasteiger partial charge >= 0.3 is 0 Å². The minimum atomic E-state index is 0.314. The molecule has 0 unspecified atom stereocenters. The second kappa shape index (κ2) is 7.40. The summed E-state index contributed by atoms with van der Waals surface area (Å²) >= 11 is 0. The van der Waals surface area contributed by atoms with Crippen molar-refractivity contribution in [1.29, 1.82) is 0 Å². The van der Waals surface area contributed by atoms with Crippen molar-refractivity contribution in [3.05, 3.63) is 77.4 Å². The van der Waals surface area contributed by atoms with E-state index in [-0.39, 0.29) is 0 Å². The van der Waals surface area contributed by atoms with E-state index >= 15 is 0 Å². The van der Waals surface area contributed by atoms with Gasteiger partial charge in [-0.05, 0) is 61.5 Å². The molecule has 0 aliphatic carbocycles. The van der Waals surface area contributed by atoms with Gasteiger partial charge in [0.1, 0.15) is 12.9 Å². The van der Waals surface area contributed by atoms with Gasteiger partial charge in [-0.3, -0.25) is 0 Å². The van der Waals surface area contributed by atoms with Crippen LogP contribution >= 0.6 is 0 Å². The molecule has 0 spiro atoms. The average molecular weight is 383 g/mol. The molecule has 0 amide bonds. The van der Waals surface area contributed by atoms with Gasteiger partial charge in [0.2, 0.25) is 5.69 Å². The largest absolute Gasteiger partial charge is 0.241 e. The van der Waals surface area contributed by atoms with Crippen molar-refractivity contribution >= 4 is 10.8 Å². The van der Waals surface area contributed by atoms with Crippen LogP contribution in [0, 0.1) is 20.8 Å². The third kappa shape index (κ3) is 3.53. The van der Waals surface area contributed by atoms with Gasteiger partial charge in [-0.25, -0.2) is 14.5 Å². The quantitative estimate of drug-likeness (QED) is 0.417. The lowest BCUT2D eigenvalue weighted by molar-refractivity contribution is -0.659. The number of fused-ring (bicyclic) bond motifs is 1. The number of rotatable bonds is 3. The number of aryl methyl sites for hydroxylation is 3. The molecule has 0 atom stereocenters. The van der Waals surface area contributed by atoms with Crippen molar-refractivity contribution in [1.82, 2.24) is 9.97 Å². The molecule has 0 aliphatic heterocycles. The Balaban J connectivity index is 1.92. The van der Waals surface area contributed by atoms with E-state index in [4.69, 9.17) is 4.98 Å². The lowest BCUT2D eigenvalue weighted by atomic mass is 9.94. The highest BCUT2D eigenvalue weighted by Gasteiger charge is 2.19. The minimum Gasteiger partial charge on any atom is -0.241 e.